The molecule has 0 aliphatic carbocycles. The molecule has 0 aliphatic rings. The van der Waals surface area contributed by atoms with Crippen LogP contribution in [0.5, 0.6) is 0 Å². The van der Waals surface area contributed by atoms with E-state index in [4.69, 9.17) is 33.5 Å². The second-order valence-corrected chi connectivity index (χ2v) is 6.28. The van der Waals surface area contributed by atoms with E-state index in [1.165, 1.54) is 0 Å². The zero-order valence-electron chi connectivity index (χ0n) is 17.8. The van der Waals surface area contributed by atoms with Crippen LogP contribution in [0.4, 0.5) is 0 Å². The van der Waals surface area contributed by atoms with Crippen molar-refractivity contribution < 1.29 is 38.3 Å². The summed E-state index contributed by atoms with van der Waals surface area (Å²) in [7, 11) is 0. The molecule has 0 radical (unpaired) electrons. The highest BCUT2D eigenvalue weighted by molar-refractivity contribution is 5.81. The lowest BCUT2D eigenvalue weighted by atomic mass is 10.4. The smallest absolute Gasteiger partial charge is 0.330 e. The van der Waals surface area contributed by atoms with E-state index < -0.39 is 5.97 Å². The molecule has 0 bridgehead atoms. The summed E-state index contributed by atoms with van der Waals surface area (Å²) in [6.45, 7) is 10.5. The molecule has 172 valence electrons. The summed E-state index contributed by atoms with van der Waals surface area (Å²) in [5.41, 5.74) is 0. The van der Waals surface area contributed by atoms with Crippen LogP contribution in [0.15, 0.2) is 12.7 Å². The second-order valence-electron chi connectivity index (χ2n) is 6.28. The SMILES string of the molecule is C=CC(=O)OCCCOCCCOCCCOCCCOCCCOCCCO. The van der Waals surface area contributed by atoms with Gasteiger partial charge in [-0.05, 0) is 32.1 Å². The molecule has 0 saturated heterocycles. The predicted octanol–water partition coefficient (Wildman–Crippen LogP) is 2.13. The quantitative estimate of drug-likeness (QED) is 0.144. The van der Waals surface area contributed by atoms with Gasteiger partial charge < -0.3 is 33.5 Å². The van der Waals surface area contributed by atoms with Gasteiger partial charge in [0.25, 0.3) is 0 Å². The molecule has 8 heteroatoms. The van der Waals surface area contributed by atoms with Crippen LogP contribution in [-0.4, -0.2) is 90.4 Å². The number of esters is 1. The summed E-state index contributed by atoms with van der Waals surface area (Å²) in [5, 5.41) is 8.61. The van der Waals surface area contributed by atoms with E-state index in [-0.39, 0.29) is 6.61 Å². The van der Waals surface area contributed by atoms with E-state index in [0.717, 1.165) is 31.8 Å². The highest BCUT2D eigenvalue weighted by Crippen LogP contribution is 1.93. The topological polar surface area (TPSA) is 92.7 Å². The van der Waals surface area contributed by atoms with Gasteiger partial charge in [0.05, 0.1) is 6.61 Å². The molecule has 0 amide bonds. The molecule has 0 aromatic heterocycles. The largest absolute Gasteiger partial charge is 0.462 e. The van der Waals surface area contributed by atoms with Gasteiger partial charge in [-0.25, -0.2) is 4.79 Å². The maximum absolute atomic E-state index is 10.8. The van der Waals surface area contributed by atoms with Crippen molar-refractivity contribution in [1.29, 1.82) is 0 Å². The molecule has 0 aromatic carbocycles. The maximum atomic E-state index is 10.8. The minimum absolute atomic E-state index is 0.177. The molecule has 29 heavy (non-hydrogen) atoms. The van der Waals surface area contributed by atoms with E-state index in [2.05, 4.69) is 6.58 Å². The molecular weight excluding hydrogens is 380 g/mol. The van der Waals surface area contributed by atoms with Crippen LogP contribution in [0.25, 0.3) is 0 Å². The van der Waals surface area contributed by atoms with Crippen molar-refractivity contribution in [3.8, 4) is 0 Å². The van der Waals surface area contributed by atoms with Gasteiger partial charge in [0.2, 0.25) is 0 Å². The Morgan fingerprint density at radius 2 is 0.897 bits per heavy atom. The summed E-state index contributed by atoms with van der Waals surface area (Å²) in [5.74, 6) is -0.400. The molecule has 0 aromatic rings. The third-order valence-electron chi connectivity index (χ3n) is 3.60. The number of hydrogen-bond acceptors (Lipinski definition) is 8. The maximum Gasteiger partial charge on any atom is 0.330 e. The Balaban J connectivity index is 3.01. The van der Waals surface area contributed by atoms with Crippen molar-refractivity contribution in [3.63, 3.8) is 0 Å². The number of ether oxygens (including phenoxy) is 6. The van der Waals surface area contributed by atoms with E-state index in [1.807, 2.05) is 0 Å². The minimum Gasteiger partial charge on any atom is -0.462 e. The fraction of sp³-hybridized carbons (Fsp3) is 0.857. The average Bonchev–Trinajstić information content (AvgIpc) is 2.74. The van der Waals surface area contributed by atoms with Gasteiger partial charge in [0.1, 0.15) is 0 Å². The van der Waals surface area contributed by atoms with E-state index in [1.54, 1.807) is 0 Å². The van der Waals surface area contributed by atoms with Crippen molar-refractivity contribution in [2.24, 2.45) is 0 Å². The molecular formula is C21H40O8. The summed E-state index contributed by atoms with van der Waals surface area (Å²) >= 11 is 0. The van der Waals surface area contributed by atoms with Gasteiger partial charge in [0.15, 0.2) is 0 Å². The van der Waals surface area contributed by atoms with Gasteiger partial charge in [-0.15, -0.1) is 0 Å². The van der Waals surface area contributed by atoms with Crippen molar-refractivity contribution >= 4 is 5.97 Å². The molecule has 0 saturated carbocycles. The standard InChI is InChI=1S/C21H40O8/c1-2-21(23)29-20-8-19-28-18-7-17-27-16-6-15-26-14-5-13-25-12-4-11-24-10-3-9-22/h2,22H,1,3-20H2. The van der Waals surface area contributed by atoms with Crippen LogP contribution in [0.3, 0.4) is 0 Å². The monoisotopic (exact) mass is 420 g/mol. The minimum atomic E-state index is -0.400. The van der Waals surface area contributed by atoms with E-state index >= 15 is 0 Å². The lowest BCUT2D eigenvalue weighted by Crippen LogP contribution is -2.08. The second kappa shape index (κ2) is 25.0. The third-order valence-corrected chi connectivity index (χ3v) is 3.60. The van der Waals surface area contributed by atoms with Gasteiger partial charge in [-0.1, -0.05) is 6.58 Å². The zero-order valence-corrected chi connectivity index (χ0v) is 17.8. The highest BCUT2D eigenvalue weighted by atomic mass is 16.5. The first-order chi connectivity index (χ1) is 14.3. The van der Waals surface area contributed by atoms with Gasteiger partial charge in [0, 0.05) is 85.2 Å². The van der Waals surface area contributed by atoms with Crippen molar-refractivity contribution in [2.75, 3.05) is 79.3 Å². The van der Waals surface area contributed by atoms with E-state index in [0.29, 0.717) is 85.5 Å². The van der Waals surface area contributed by atoms with Crippen LogP contribution in [-0.2, 0) is 33.2 Å². The molecule has 0 aliphatic heterocycles. The summed E-state index contributed by atoms with van der Waals surface area (Å²) < 4.78 is 32.1. The Morgan fingerprint density at radius 1 is 0.586 bits per heavy atom. The van der Waals surface area contributed by atoms with Gasteiger partial charge in [-0.2, -0.15) is 0 Å². The Morgan fingerprint density at radius 3 is 1.21 bits per heavy atom. The predicted molar refractivity (Wildman–Crippen MR) is 110 cm³/mol. The fourth-order valence-electron chi connectivity index (χ4n) is 2.12. The molecule has 1 N–H and O–H groups in total. The van der Waals surface area contributed by atoms with E-state index in [9.17, 15) is 4.79 Å². The third kappa shape index (κ3) is 24.9. The first-order valence-electron chi connectivity index (χ1n) is 10.6. The highest BCUT2D eigenvalue weighted by Gasteiger charge is 1.96. The van der Waals surface area contributed by atoms with Gasteiger partial charge >= 0.3 is 5.97 Å². The molecule has 0 unspecified atom stereocenters. The number of aliphatic hydroxyl groups excluding tert-OH is 1. The van der Waals surface area contributed by atoms with Crippen LogP contribution < -0.4 is 0 Å². The van der Waals surface area contributed by atoms with Crippen LogP contribution in [0.1, 0.15) is 38.5 Å². The Labute approximate surface area is 175 Å². The average molecular weight is 421 g/mol. The molecule has 8 nitrogen and oxygen atoms in total. The lowest BCUT2D eigenvalue weighted by molar-refractivity contribution is -0.138. The molecule has 0 spiro atoms. The molecule has 0 heterocycles. The Hall–Kier alpha value is -1.03. The summed E-state index contributed by atoms with van der Waals surface area (Å²) in [6.07, 6.45) is 6.01. The van der Waals surface area contributed by atoms with Gasteiger partial charge in [-0.3, -0.25) is 0 Å². The number of carbonyl (C=O) groups is 1. The first kappa shape index (κ1) is 28.0. The van der Waals surface area contributed by atoms with Crippen molar-refractivity contribution in [3.05, 3.63) is 12.7 Å². The molecule has 0 fully saturated rings. The van der Waals surface area contributed by atoms with Crippen molar-refractivity contribution in [1.82, 2.24) is 0 Å². The fourth-order valence-corrected chi connectivity index (χ4v) is 2.12. The van der Waals surface area contributed by atoms with Crippen LogP contribution in [0.2, 0.25) is 0 Å². The molecule has 0 rings (SSSR count). The Kier molecular flexibility index (Phi) is 24.1. The summed E-state index contributed by atoms with van der Waals surface area (Å²) in [4.78, 5) is 10.8. The first-order valence-corrected chi connectivity index (χ1v) is 10.6. The van der Waals surface area contributed by atoms with Crippen LogP contribution >= 0.6 is 0 Å². The normalized spacial score (nSPS) is 10.9. The van der Waals surface area contributed by atoms with Crippen LogP contribution in [0, 0.1) is 0 Å². The summed E-state index contributed by atoms with van der Waals surface area (Å²) in [6, 6.07) is 0. The number of aliphatic hydroxyl groups is 1. The van der Waals surface area contributed by atoms with Crippen molar-refractivity contribution in [2.45, 2.75) is 38.5 Å². The zero-order chi connectivity index (χ0) is 21.3. The lowest BCUT2D eigenvalue weighted by Gasteiger charge is -2.07. The number of carbonyl (C=O) groups excluding carboxylic acids is 1. The number of hydrogen-bond donors (Lipinski definition) is 1. The Bertz CT molecular complexity index is 352. The molecule has 0 atom stereocenters. The number of rotatable bonds is 24.